The molecule has 0 spiro atoms. The topological polar surface area (TPSA) is 0 Å². The zero-order chi connectivity index (χ0) is 4.99. The summed E-state index contributed by atoms with van der Waals surface area (Å²) in [5, 5.41) is 0. The van der Waals surface area contributed by atoms with E-state index >= 15 is 0 Å². The van der Waals surface area contributed by atoms with Crippen LogP contribution in [0.3, 0.4) is 0 Å². The van der Waals surface area contributed by atoms with Gasteiger partial charge in [-0.05, 0) is 0 Å². The molecular formula is C6H12Y2-2. The van der Waals surface area contributed by atoms with E-state index < -0.39 is 0 Å². The summed E-state index contributed by atoms with van der Waals surface area (Å²) in [4.78, 5) is 0. The Bertz CT molecular complexity index is 25.7. The van der Waals surface area contributed by atoms with Gasteiger partial charge in [-0.3, -0.25) is 0 Å². The van der Waals surface area contributed by atoms with E-state index in [0.717, 1.165) is 0 Å². The molecule has 0 nitrogen and oxygen atoms in total. The van der Waals surface area contributed by atoms with E-state index in [2.05, 4.69) is 33.6 Å². The van der Waals surface area contributed by atoms with Gasteiger partial charge in [0.25, 0.3) is 0 Å². The second kappa shape index (κ2) is 11.9. The summed E-state index contributed by atoms with van der Waals surface area (Å²) in [6.07, 6.45) is 4.33. The molecule has 44 valence electrons. The van der Waals surface area contributed by atoms with Crippen LogP contribution in [0.15, 0.2) is 0 Å². The second-order valence-corrected chi connectivity index (χ2v) is 1.53. The first kappa shape index (κ1) is 16.7. The maximum absolute atomic E-state index is 2.17. The van der Waals surface area contributed by atoms with Gasteiger partial charge >= 0.3 is 0 Å². The van der Waals surface area contributed by atoms with Crippen molar-refractivity contribution < 1.29 is 65.4 Å². The van der Waals surface area contributed by atoms with E-state index in [9.17, 15) is 0 Å². The third-order valence-electron chi connectivity index (χ3n) is 1.05. The van der Waals surface area contributed by atoms with Crippen LogP contribution in [0.1, 0.15) is 20.8 Å². The van der Waals surface area contributed by atoms with Gasteiger partial charge in [-0.25, -0.2) is 0 Å². The van der Waals surface area contributed by atoms with Crippen molar-refractivity contribution in [2.45, 2.75) is 20.8 Å². The smallest absolute Gasteiger partial charge is 0 e. The van der Waals surface area contributed by atoms with Gasteiger partial charge in [-0.1, -0.05) is 0 Å². The van der Waals surface area contributed by atoms with Crippen LogP contribution in [0.2, 0.25) is 0 Å². The molecule has 0 aromatic heterocycles. The molecule has 0 amide bonds. The van der Waals surface area contributed by atoms with Gasteiger partial charge in [-0.15, -0.1) is 6.92 Å². The Morgan fingerprint density at radius 2 is 1.25 bits per heavy atom. The Kier molecular flexibility index (Phi) is 24.9. The van der Waals surface area contributed by atoms with Crippen LogP contribution in [-0.4, -0.2) is 0 Å². The van der Waals surface area contributed by atoms with Crippen molar-refractivity contribution in [2.75, 3.05) is 0 Å². The molecule has 0 rings (SSSR count). The van der Waals surface area contributed by atoms with Gasteiger partial charge in [0, 0.05) is 65.4 Å². The zero-order valence-electron chi connectivity index (χ0n) is 5.89. The van der Waals surface area contributed by atoms with Crippen molar-refractivity contribution >= 4 is 0 Å². The van der Waals surface area contributed by atoms with Crippen LogP contribution >= 0.6 is 0 Å². The minimum atomic E-state index is 0. The summed E-state index contributed by atoms with van der Waals surface area (Å²) >= 11 is 0. The van der Waals surface area contributed by atoms with Gasteiger partial charge in [0.05, 0.1) is 0 Å². The summed E-state index contributed by atoms with van der Waals surface area (Å²) in [5.74, 6) is 0.685. The molecular weight excluding hydrogens is 250 g/mol. The average molecular weight is 262 g/mol. The third-order valence-corrected chi connectivity index (χ3v) is 1.05. The average Bonchev–Trinajstić information content (AvgIpc) is 1.65. The molecule has 0 aliphatic heterocycles. The van der Waals surface area contributed by atoms with Gasteiger partial charge in [0.15, 0.2) is 0 Å². The van der Waals surface area contributed by atoms with Crippen molar-refractivity contribution in [3.05, 3.63) is 12.8 Å². The molecule has 0 unspecified atom stereocenters. The van der Waals surface area contributed by atoms with E-state index in [1.165, 1.54) is 0 Å². The van der Waals surface area contributed by atoms with Crippen LogP contribution in [0.25, 0.3) is 0 Å². The summed E-state index contributed by atoms with van der Waals surface area (Å²) < 4.78 is 0. The summed E-state index contributed by atoms with van der Waals surface area (Å²) in [7, 11) is 0. The van der Waals surface area contributed by atoms with Gasteiger partial charge in [0.2, 0.25) is 0 Å². The van der Waals surface area contributed by atoms with E-state index in [1.807, 2.05) is 0 Å². The van der Waals surface area contributed by atoms with Crippen molar-refractivity contribution in [1.82, 2.24) is 0 Å². The molecule has 2 heteroatoms. The maximum Gasteiger partial charge on any atom is 0 e. The molecule has 0 fully saturated rings. The first-order valence-electron chi connectivity index (χ1n) is 2.40. The standard InChI is InChI=1S/C6H12.2Y/c1-4-6(3)5-2;;/h4-6H,1-3H3;;/q-2;;. The predicted octanol–water partition coefficient (Wildman–Crippen LogP) is 2.07. The van der Waals surface area contributed by atoms with Crippen molar-refractivity contribution in [1.29, 1.82) is 0 Å². The normalized spacial score (nSPS) is 7.50. The molecule has 0 atom stereocenters. The Morgan fingerprint density at radius 3 is 1.25 bits per heavy atom. The monoisotopic (exact) mass is 262 g/mol. The maximum atomic E-state index is 2.17. The van der Waals surface area contributed by atoms with Crippen LogP contribution in [0.4, 0.5) is 0 Å². The number of rotatable bonds is 2. The molecule has 2 radical (unpaired) electrons. The number of hydrogen-bond acceptors (Lipinski definition) is 0. The van der Waals surface area contributed by atoms with E-state index in [-0.39, 0.29) is 65.4 Å². The molecule has 0 saturated carbocycles. The van der Waals surface area contributed by atoms with Crippen LogP contribution < -0.4 is 0 Å². The third kappa shape index (κ3) is 11.1. The number of hydrogen-bond donors (Lipinski definition) is 0. The van der Waals surface area contributed by atoms with Crippen LogP contribution in [0.5, 0.6) is 0 Å². The van der Waals surface area contributed by atoms with Crippen molar-refractivity contribution in [3.63, 3.8) is 0 Å². The van der Waals surface area contributed by atoms with Gasteiger partial charge in [-0.2, -0.15) is 13.8 Å². The Morgan fingerprint density at radius 1 is 1.00 bits per heavy atom. The molecule has 0 aliphatic rings. The second-order valence-electron chi connectivity index (χ2n) is 1.53. The van der Waals surface area contributed by atoms with Crippen LogP contribution in [0, 0.1) is 18.8 Å². The van der Waals surface area contributed by atoms with Crippen molar-refractivity contribution in [2.24, 2.45) is 5.92 Å². The SMILES string of the molecule is C[CH-]C(C)[CH-]C.[Y].[Y]. The first-order valence-corrected chi connectivity index (χ1v) is 2.40. The molecule has 8 heavy (non-hydrogen) atoms. The summed E-state index contributed by atoms with van der Waals surface area (Å²) in [5.41, 5.74) is 0. The largest absolute Gasteiger partial charge is 0.358 e. The van der Waals surface area contributed by atoms with E-state index in [0.29, 0.717) is 5.92 Å². The fourth-order valence-electron chi connectivity index (χ4n) is 0.192. The Labute approximate surface area is 103 Å². The van der Waals surface area contributed by atoms with Gasteiger partial charge in [0.1, 0.15) is 0 Å². The molecule has 0 bridgehead atoms. The molecule has 0 aromatic carbocycles. The Balaban J connectivity index is -0.000000125. The fourth-order valence-corrected chi connectivity index (χ4v) is 0.192. The van der Waals surface area contributed by atoms with Crippen molar-refractivity contribution in [3.8, 4) is 0 Å². The van der Waals surface area contributed by atoms with E-state index in [1.54, 1.807) is 0 Å². The first-order chi connectivity index (χ1) is 2.81. The predicted molar refractivity (Wildman–Crippen MR) is 29.1 cm³/mol. The van der Waals surface area contributed by atoms with Crippen LogP contribution in [-0.2, 0) is 65.4 Å². The van der Waals surface area contributed by atoms with E-state index in [4.69, 9.17) is 0 Å². The minimum Gasteiger partial charge on any atom is -0.358 e. The quantitative estimate of drug-likeness (QED) is 0.668. The molecule has 0 aromatic rings. The Hall–Kier alpha value is 2.21. The summed E-state index contributed by atoms with van der Waals surface area (Å²) in [6, 6.07) is 0. The molecule has 0 saturated heterocycles. The summed E-state index contributed by atoms with van der Waals surface area (Å²) in [6.45, 7) is 6.31. The van der Waals surface area contributed by atoms with Gasteiger partial charge < -0.3 is 18.8 Å². The molecule has 0 aliphatic carbocycles. The zero-order valence-corrected chi connectivity index (χ0v) is 11.6. The minimum absolute atomic E-state index is 0. The molecule has 0 heterocycles. The molecule has 0 N–H and O–H groups in total. The fraction of sp³-hybridized carbons (Fsp3) is 0.667.